The number of nitrogens with one attached hydrogen (secondary N) is 1. The van der Waals surface area contributed by atoms with Gasteiger partial charge in [0.05, 0.1) is 0 Å². The predicted octanol–water partition coefficient (Wildman–Crippen LogP) is 1.51. The number of aliphatic carboxylic acids is 1. The molecule has 104 valence electrons. The first kappa shape index (κ1) is 14.9. The number of phenolic OH excluding ortho intramolecular Hbond substituents is 1. The molecule has 0 aliphatic rings. The van der Waals surface area contributed by atoms with Gasteiger partial charge in [-0.1, -0.05) is 13.8 Å². The molecule has 0 aliphatic carbocycles. The van der Waals surface area contributed by atoms with Crippen LogP contribution < -0.4 is 5.32 Å². The highest BCUT2D eigenvalue weighted by molar-refractivity contribution is 5.96. The predicted molar refractivity (Wildman–Crippen MR) is 61.8 cm³/mol. The molecule has 0 saturated carbocycles. The fourth-order valence-corrected chi connectivity index (χ4v) is 1.43. The van der Waals surface area contributed by atoms with E-state index in [0.717, 1.165) is 0 Å². The van der Waals surface area contributed by atoms with Gasteiger partial charge in [0, 0.05) is 5.56 Å². The second-order valence-corrected chi connectivity index (χ2v) is 4.32. The number of phenols is 1. The van der Waals surface area contributed by atoms with Crippen LogP contribution in [0.15, 0.2) is 12.1 Å². The van der Waals surface area contributed by atoms with E-state index in [4.69, 9.17) is 10.2 Å². The molecule has 0 saturated heterocycles. The third-order valence-corrected chi connectivity index (χ3v) is 2.50. The minimum Gasteiger partial charge on any atom is -0.503 e. The highest BCUT2D eigenvalue weighted by atomic mass is 19.1. The summed E-state index contributed by atoms with van der Waals surface area (Å²) in [6, 6.07) is 0.0902. The first-order valence-corrected chi connectivity index (χ1v) is 5.45. The maximum absolute atomic E-state index is 13.1. The molecule has 0 aromatic heterocycles. The van der Waals surface area contributed by atoms with Crippen LogP contribution in [0.25, 0.3) is 0 Å². The number of carboxylic acids is 1. The van der Waals surface area contributed by atoms with Crippen molar-refractivity contribution in [3.8, 4) is 5.75 Å². The summed E-state index contributed by atoms with van der Waals surface area (Å²) in [6.45, 7) is 3.16. The summed E-state index contributed by atoms with van der Waals surface area (Å²) in [7, 11) is 0. The molecule has 0 bridgehead atoms. The van der Waals surface area contributed by atoms with E-state index in [9.17, 15) is 18.4 Å². The van der Waals surface area contributed by atoms with Gasteiger partial charge in [-0.25, -0.2) is 13.6 Å². The van der Waals surface area contributed by atoms with E-state index >= 15 is 0 Å². The number of carbonyl (C=O) groups excluding carboxylic acids is 1. The SMILES string of the molecule is CC(C)[C@H](NC(=O)c1cc(F)c(O)c(F)c1)C(=O)O. The zero-order valence-electron chi connectivity index (χ0n) is 10.3. The number of halogens is 2. The van der Waals surface area contributed by atoms with Crippen molar-refractivity contribution in [2.24, 2.45) is 5.92 Å². The second-order valence-electron chi connectivity index (χ2n) is 4.32. The lowest BCUT2D eigenvalue weighted by molar-refractivity contribution is -0.140. The highest BCUT2D eigenvalue weighted by Crippen LogP contribution is 2.21. The second kappa shape index (κ2) is 5.64. The van der Waals surface area contributed by atoms with E-state index in [1.165, 1.54) is 0 Å². The Morgan fingerprint density at radius 2 is 1.68 bits per heavy atom. The largest absolute Gasteiger partial charge is 0.503 e. The summed E-state index contributed by atoms with van der Waals surface area (Å²) in [5, 5.41) is 19.9. The minimum atomic E-state index is -1.29. The van der Waals surface area contributed by atoms with E-state index in [1.807, 2.05) is 0 Å². The molecule has 19 heavy (non-hydrogen) atoms. The molecule has 5 nitrogen and oxygen atoms in total. The molecule has 0 radical (unpaired) electrons. The van der Waals surface area contributed by atoms with Gasteiger partial charge in [0.2, 0.25) is 0 Å². The Morgan fingerprint density at radius 3 is 2.05 bits per heavy atom. The van der Waals surface area contributed by atoms with Crippen molar-refractivity contribution in [1.29, 1.82) is 0 Å². The third-order valence-electron chi connectivity index (χ3n) is 2.50. The molecule has 0 unspecified atom stereocenters. The number of hydrogen-bond donors (Lipinski definition) is 3. The summed E-state index contributed by atoms with van der Waals surface area (Å²) < 4.78 is 26.1. The van der Waals surface area contributed by atoms with Crippen molar-refractivity contribution in [2.75, 3.05) is 0 Å². The molecular weight excluding hydrogens is 260 g/mol. The van der Waals surface area contributed by atoms with Crippen molar-refractivity contribution < 1.29 is 28.6 Å². The average Bonchev–Trinajstić information content (AvgIpc) is 2.31. The molecule has 0 heterocycles. The van der Waals surface area contributed by atoms with Crippen molar-refractivity contribution in [3.63, 3.8) is 0 Å². The quantitative estimate of drug-likeness (QED) is 0.776. The van der Waals surface area contributed by atoms with Crippen LogP contribution in [0.2, 0.25) is 0 Å². The van der Waals surface area contributed by atoms with Crippen molar-refractivity contribution >= 4 is 11.9 Å². The van der Waals surface area contributed by atoms with Gasteiger partial charge >= 0.3 is 5.97 Å². The van der Waals surface area contributed by atoms with E-state index in [1.54, 1.807) is 13.8 Å². The van der Waals surface area contributed by atoms with Gasteiger partial charge in [0.25, 0.3) is 5.91 Å². The van der Waals surface area contributed by atoms with Crippen molar-refractivity contribution in [2.45, 2.75) is 19.9 Å². The molecule has 7 heteroatoms. The Balaban J connectivity index is 2.98. The fourth-order valence-electron chi connectivity index (χ4n) is 1.43. The molecule has 0 spiro atoms. The normalized spacial score (nSPS) is 12.3. The Morgan fingerprint density at radius 1 is 1.21 bits per heavy atom. The molecule has 1 aromatic rings. The fraction of sp³-hybridized carbons (Fsp3) is 0.333. The molecule has 3 N–H and O–H groups in total. The van der Waals surface area contributed by atoms with Crippen LogP contribution in [0.5, 0.6) is 5.75 Å². The van der Waals surface area contributed by atoms with Crippen LogP contribution >= 0.6 is 0 Å². The van der Waals surface area contributed by atoms with Gasteiger partial charge in [-0.05, 0) is 18.1 Å². The number of amides is 1. The summed E-state index contributed by atoms with van der Waals surface area (Å²) in [5.74, 6) is -6.34. The lowest BCUT2D eigenvalue weighted by atomic mass is 10.0. The van der Waals surface area contributed by atoms with Gasteiger partial charge < -0.3 is 15.5 Å². The van der Waals surface area contributed by atoms with E-state index < -0.39 is 46.8 Å². The van der Waals surface area contributed by atoms with Gasteiger partial charge in [-0.3, -0.25) is 4.79 Å². The summed E-state index contributed by atoms with van der Waals surface area (Å²) >= 11 is 0. The van der Waals surface area contributed by atoms with Crippen LogP contribution in [-0.2, 0) is 4.79 Å². The maximum Gasteiger partial charge on any atom is 0.326 e. The van der Waals surface area contributed by atoms with Gasteiger partial charge in [0.15, 0.2) is 17.4 Å². The number of carboxylic acid groups (broad SMARTS) is 1. The molecule has 1 rings (SSSR count). The molecule has 0 fully saturated rings. The summed E-state index contributed by atoms with van der Waals surface area (Å²) in [4.78, 5) is 22.6. The van der Waals surface area contributed by atoms with Crippen molar-refractivity contribution in [1.82, 2.24) is 5.32 Å². The van der Waals surface area contributed by atoms with Crippen LogP contribution in [-0.4, -0.2) is 28.1 Å². The molecule has 0 aliphatic heterocycles. The topological polar surface area (TPSA) is 86.6 Å². The van der Waals surface area contributed by atoms with Crippen LogP contribution in [0.4, 0.5) is 8.78 Å². The Bertz CT molecular complexity index is 493. The van der Waals surface area contributed by atoms with E-state index in [0.29, 0.717) is 12.1 Å². The molecule has 1 aromatic carbocycles. The van der Waals surface area contributed by atoms with Crippen LogP contribution in [0.1, 0.15) is 24.2 Å². The maximum atomic E-state index is 13.1. The van der Waals surface area contributed by atoms with Crippen molar-refractivity contribution in [3.05, 3.63) is 29.3 Å². The number of benzene rings is 1. The van der Waals surface area contributed by atoms with Gasteiger partial charge in [-0.15, -0.1) is 0 Å². The molecule has 1 amide bonds. The zero-order chi connectivity index (χ0) is 14.7. The van der Waals surface area contributed by atoms with E-state index in [2.05, 4.69) is 5.32 Å². The van der Waals surface area contributed by atoms with Crippen LogP contribution in [0.3, 0.4) is 0 Å². The summed E-state index contributed by atoms with van der Waals surface area (Å²) in [6.07, 6.45) is 0. The lowest BCUT2D eigenvalue weighted by Crippen LogP contribution is -2.44. The number of aromatic hydroxyl groups is 1. The highest BCUT2D eigenvalue weighted by Gasteiger charge is 2.24. The standard InChI is InChI=1S/C12H13F2NO4/c1-5(2)9(12(18)19)15-11(17)6-3-7(13)10(16)8(14)4-6/h3-5,9,16H,1-2H3,(H,15,17)(H,18,19)/t9-/m0/s1. The van der Waals surface area contributed by atoms with Gasteiger partial charge in [0.1, 0.15) is 6.04 Å². The summed E-state index contributed by atoms with van der Waals surface area (Å²) in [5.41, 5.74) is -0.403. The Kier molecular flexibility index (Phi) is 4.42. The number of carbonyl (C=O) groups is 2. The Labute approximate surface area is 107 Å². The average molecular weight is 273 g/mol. The zero-order valence-corrected chi connectivity index (χ0v) is 10.3. The third kappa shape index (κ3) is 3.40. The molecule has 1 atom stereocenters. The first-order valence-electron chi connectivity index (χ1n) is 5.45. The van der Waals surface area contributed by atoms with Gasteiger partial charge in [-0.2, -0.15) is 0 Å². The monoisotopic (exact) mass is 273 g/mol. The smallest absolute Gasteiger partial charge is 0.326 e. The van der Waals surface area contributed by atoms with E-state index in [-0.39, 0.29) is 0 Å². The first-order chi connectivity index (χ1) is 8.73. The Hall–Kier alpha value is -2.18. The molecular formula is C12H13F2NO4. The minimum absolute atomic E-state index is 0.395. The number of rotatable bonds is 4. The lowest BCUT2D eigenvalue weighted by Gasteiger charge is -2.18. The van der Waals surface area contributed by atoms with Crippen LogP contribution in [0, 0.1) is 17.6 Å². The number of hydrogen-bond acceptors (Lipinski definition) is 3.